The third-order valence-corrected chi connectivity index (χ3v) is 5.12. The van der Waals surface area contributed by atoms with Crippen LogP contribution < -0.4 is 4.74 Å². The van der Waals surface area contributed by atoms with E-state index in [9.17, 15) is 5.11 Å². The Kier molecular flexibility index (Phi) is 3.91. The number of phenolic OH excluding ortho intramolecular Hbond substituents is 1. The van der Waals surface area contributed by atoms with Gasteiger partial charge in [0.2, 0.25) is 0 Å². The molecule has 6 nitrogen and oxygen atoms in total. The van der Waals surface area contributed by atoms with Gasteiger partial charge >= 0.3 is 0 Å². The highest BCUT2D eigenvalue weighted by molar-refractivity contribution is 6.01. The van der Waals surface area contributed by atoms with Crippen molar-refractivity contribution in [1.29, 1.82) is 0 Å². The lowest BCUT2D eigenvalue weighted by Gasteiger charge is -2.14. The minimum Gasteiger partial charge on any atom is -0.507 e. The summed E-state index contributed by atoms with van der Waals surface area (Å²) in [6.07, 6.45) is 1.48. The molecular formula is C23H18N4O2. The summed E-state index contributed by atoms with van der Waals surface area (Å²) in [5, 5.41) is 16.0. The number of hydrogen-bond donors (Lipinski definition) is 1. The van der Waals surface area contributed by atoms with E-state index in [4.69, 9.17) is 4.74 Å². The molecule has 0 bridgehead atoms. The van der Waals surface area contributed by atoms with Crippen LogP contribution in [0.4, 0.5) is 0 Å². The number of methoxy groups -OCH3 is 1. The van der Waals surface area contributed by atoms with Crippen molar-refractivity contribution in [3.8, 4) is 33.9 Å². The summed E-state index contributed by atoms with van der Waals surface area (Å²) in [6.45, 7) is 2.03. The Hall–Kier alpha value is -3.93. The van der Waals surface area contributed by atoms with Gasteiger partial charge in [-0.2, -0.15) is 14.6 Å². The molecule has 0 unspecified atom stereocenters. The first-order valence-electron chi connectivity index (χ1n) is 9.22. The Morgan fingerprint density at radius 2 is 1.76 bits per heavy atom. The van der Waals surface area contributed by atoms with E-state index in [1.807, 2.05) is 61.5 Å². The lowest BCUT2D eigenvalue weighted by molar-refractivity contribution is 0.415. The Bertz CT molecular complexity index is 1360. The molecule has 6 heteroatoms. The maximum absolute atomic E-state index is 11.0. The van der Waals surface area contributed by atoms with Crippen LogP contribution in [0.15, 0.2) is 67.0 Å². The fourth-order valence-electron chi connectivity index (χ4n) is 3.66. The third kappa shape index (κ3) is 2.77. The van der Waals surface area contributed by atoms with E-state index in [0.717, 1.165) is 33.7 Å². The van der Waals surface area contributed by atoms with Gasteiger partial charge < -0.3 is 9.84 Å². The summed E-state index contributed by atoms with van der Waals surface area (Å²) in [6, 6.07) is 19.4. The highest BCUT2D eigenvalue weighted by atomic mass is 16.5. The maximum Gasteiger partial charge on any atom is 0.253 e. The van der Waals surface area contributed by atoms with E-state index < -0.39 is 0 Å². The molecule has 0 radical (unpaired) electrons. The van der Waals surface area contributed by atoms with Crippen LogP contribution in [0.5, 0.6) is 11.5 Å². The Morgan fingerprint density at radius 1 is 0.966 bits per heavy atom. The van der Waals surface area contributed by atoms with Crippen LogP contribution in [-0.2, 0) is 0 Å². The SMILES string of the molecule is COc1ccc(-c2cc(O)c3c(-c4ccccc4C)n4ncnc4nc3c2)cc1. The van der Waals surface area contributed by atoms with Crippen LogP contribution in [0, 0.1) is 6.92 Å². The van der Waals surface area contributed by atoms with Gasteiger partial charge in [0.15, 0.2) is 0 Å². The van der Waals surface area contributed by atoms with Gasteiger partial charge in [-0.25, -0.2) is 4.98 Å². The Labute approximate surface area is 167 Å². The number of nitrogens with zero attached hydrogens (tertiary/aromatic N) is 4. The fourth-order valence-corrected chi connectivity index (χ4v) is 3.66. The Balaban J connectivity index is 1.82. The van der Waals surface area contributed by atoms with Crippen molar-refractivity contribution < 1.29 is 9.84 Å². The zero-order valence-electron chi connectivity index (χ0n) is 16.0. The molecule has 5 rings (SSSR count). The van der Waals surface area contributed by atoms with E-state index in [-0.39, 0.29) is 5.75 Å². The van der Waals surface area contributed by atoms with E-state index in [2.05, 4.69) is 15.1 Å². The molecule has 0 saturated carbocycles. The molecule has 3 aromatic carbocycles. The lowest BCUT2D eigenvalue weighted by atomic mass is 9.98. The lowest BCUT2D eigenvalue weighted by Crippen LogP contribution is -2.00. The summed E-state index contributed by atoms with van der Waals surface area (Å²) in [4.78, 5) is 8.92. The number of fused-ring (bicyclic) bond motifs is 2. The van der Waals surface area contributed by atoms with E-state index in [1.54, 1.807) is 17.7 Å². The summed E-state index contributed by atoms with van der Waals surface area (Å²) in [5.74, 6) is 1.42. The average Bonchev–Trinajstić information content (AvgIpc) is 3.21. The Morgan fingerprint density at radius 3 is 2.52 bits per heavy atom. The number of phenols is 1. The van der Waals surface area contributed by atoms with Crippen molar-refractivity contribution >= 4 is 16.7 Å². The predicted octanol–water partition coefficient (Wildman–Crippen LogP) is 4.63. The molecule has 0 aliphatic heterocycles. The fraction of sp³-hybridized carbons (Fsp3) is 0.0870. The number of rotatable bonds is 3. The van der Waals surface area contributed by atoms with Gasteiger partial charge in [0.05, 0.1) is 23.7 Å². The van der Waals surface area contributed by atoms with Crippen LogP contribution in [0.25, 0.3) is 39.1 Å². The summed E-state index contributed by atoms with van der Waals surface area (Å²) < 4.78 is 6.91. The topological polar surface area (TPSA) is 72.5 Å². The van der Waals surface area contributed by atoms with Crippen molar-refractivity contribution in [1.82, 2.24) is 19.6 Å². The van der Waals surface area contributed by atoms with Crippen molar-refractivity contribution in [3.63, 3.8) is 0 Å². The van der Waals surface area contributed by atoms with Gasteiger partial charge in [-0.15, -0.1) is 0 Å². The molecule has 2 heterocycles. The largest absolute Gasteiger partial charge is 0.507 e. The van der Waals surface area contributed by atoms with Gasteiger partial charge in [-0.1, -0.05) is 36.4 Å². The van der Waals surface area contributed by atoms with Crippen LogP contribution in [-0.4, -0.2) is 31.8 Å². The molecule has 0 aliphatic rings. The number of ether oxygens (including phenoxy) is 1. The van der Waals surface area contributed by atoms with Crippen LogP contribution >= 0.6 is 0 Å². The molecule has 5 aromatic rings. The zero-order chi connectivity index (χ0) is 20.0. The number of benzene rings is 3. The second kappa shape index (κ2) is 6.60. The monoisotopic (exact) mass is 382 g/mol. The zero-order valence-corrected chi connectivity index (χ0v) is 16.0. The minimum absolute atomic E-state index is 0.150. The summed E-state index contributed by atoms with van der Waals surface area (Å²) in [5.41, 5.74) is 5.32. The van der Waals surface area contributed by atoms with Gasteiger partial charge in [0.1, 0.15) is 17.8 Å². The van der Waals surface area contributed by atoms with Crippen molar-refractivity contribution in [2.24, 2.45) is 0 Å². The first kappa shape index (κ1) is 17.2. The molecule has 29 heavy (non-hydrogen) atoms. The number of hydrogen-bond acceptors (Lipinski definition) is 5. The molecule has 142 valence electrons. The van der Waals surface area contributed by atoms with Crippen LogP contribution in [0.2, 0.25) is 0 Å². The van der Waals surface area contributed by atoms with Crippen molar-refractivity contribution in [2.45, 2.75) is 6.92 Å². The van der Waals surface area contributed by atoms with Crippen molar-refractivity contribution in [2.75, 3.05) is 7.11 Å². The normalized spacial score (nSPS) is 11.2. The number of aryl methyl sites for hydroxylation is 1. The first-order chi connectivity index (χ1) is 14.2. The third-order valence-electron chi connectivity index (χ3n) is 5.12. The highest BCUT2D eigenvalue weighted by Crippen LogP contribution is 2.38. The van der Waals surface area contributed by atoms with E-state index >= 15 is 0 Å². The maximum atomic E-state index is 11.0. The minimum atomic E-state index is 0.150. The molecule has 0 fully saturated rings. The molecule has 0 aliphatic carbocycles. The summed E-state index contributed by atoms with van der Waals surface area (Å²) >= 11 is 0. The van der Waals surface area contributed by atoms with Gasteiger partial charge in [-0.3, -0.25) is 0 Å². The summed E-state index contributed by atoms with van der Waals surface area (Å²) in [7, 11) is 1.64. The van der Waals surface area contributed by atoms with Crippen molar-refractivity contribution in [3.05, 3.63) is 72.6 Å². The second-order valence-corrected chi connectivity index (χ2v) is 6.87. The van der Waals surface area contributed by atoms with Crippen LogP contribution in [0.1, 0.15) is 5.56 Å². The molecule has 0 amide bonds. The van der Waals surface area contributed by atoms with Gasteiger partial charge in [0.25, 0.3) is 5.78 Å². The predicted molar refractivity (Wildman–Crippen MR) is 112 cm³/mol. The first-order valence-corrected chi connectivity index (χ1v) is 9.22. The quantitative estimate of drug-likeness (QED) is 0.492. The van der Waals surface area contributed by atoms with E-state index in [0.29, 0.717) is 16.7 Å². The molecule has 0 atom stereocenters. The molecule has 0 spiro atoms. The molecular weight excluding hydrogens is 364 g/mol. The van der Waals surface area contributed by atoms with Crippen LogP contribution in [0.3, 0.4) is 0 Å². The number of aromatic nitrogens is 4. The number of aromatic hydroxyl groups is 1. The molecule has 2 aromatic heterocycles. The average molecular weight is 382 g/mol. The molecule has 1 N–H and O–H groups in total. The highest BCUT2D eigenvalue weighted by Gasteiger charge is 2.18. The van der Waals surface area contributed by atoms with Gasteiger partial charge in [0, 0.05) is 5.56 Å². The van der Waals surface area contributed by atoms with E-state index in [1.165, 1.54) is 6.33 Å². The van der Waals surface area contributed by atoms with Gasteiger partial charge in [-0.05, 0) is 47.9 Å². The molecule has 0 saturated heterocycles. The smallest absolute Gasteiger partial charge is 0.253 e. The second-order valence-electron chi connectivity index (χ2n) is 6.87. The standard InChI is InChI=1S/C23H18N4O2/c1-14-5-3-4-6-18(14)22-21-19(26-23-24-13-25-27(22)23)11-16(12-20(21)28)15-7-9-17(29-2)10-8-15/h3-13,28H,1-2H3.